The van der Waals surface area contributed by atoms with Crippen LogP contribution in [0, 0.1) is 20.8 Å². The number of urea groups is 1. The number of hydrogen-bond donors (Lipinski definition) is 2. The minimum absolute atomic E-state index is 0.428. The van der Waals surface area contributed by atoms with Crippen molar-refractivity contribution in [3.8, 4) is 0 Å². The highest BCUT2D eigenvalue weighted by atomic mass is 16.2. The maximum Gasteiger partial charge on any atom is 0.340 e. The smallest absolute Gasteiger partial charge is 0.273 e. The first-order chi connectivity index (χ1) is 9.47. The summed E-state index contributed by atoms with van der Waals surface area (Å²) in [5.41, 5.74) is 3.87. The molecule has 0 atom stereocenters. The molecule has 0 fully saturated rings. The standard InChI is InChI=1S/C13H15N5O2/c1-8-5-4-6-11(7-8)12(19)14-13(20)17-18-9(2)15-16-10(18)3/h4-7H,1-3H3,(H2,14,17,19,20). The van der Waals surface area contributed by atoms with E-state index in [0.717, 1.165) is 5.56 Å². The van der Waals surface area contributed by atoms with Crippen LogP contribution in [0.4, 0.5) is 4.79 Å². The molecule has 0 aliphatic heterocycles. The molecule has 3 amide bonds. The number of imide groups is 1. The third-order valence-corrected chi connectivity index (χ3v) is 2.71. The lowest BCUT2D eigenvalue weighted by Gasteiger charge is -2.09. The zero-order chi connectivity index (χ0) is 14.7. The van der Waals surface area contributed by atoms with Crippen molar-refractivity contribution < 1.29 is 9.59 Å². The van der Waals surface area contributed by atoms with E-state index in [4.69, 9.17) is 0 Å². The molecule has 7 nitrogen and oxygen atoms in total. The zero-order valence-corrected chi connectivity index (χ0v) is 11.5. The van der Waals surface area contributed by atoms with Gasteiger partial charge in [0.05, 0.1) is 0 Å². The number of amides is 3. The third-order valence-electron chi connectivity index (χ3n) is 2.71. The molecule has 0 radical (unpaired) electrons. The van der Waals surface area contributed by atoms with E-state index in [1.54, 1.807) is 32.0 Å². The highest BCUT2D eigenvalue weighted by molar-refractivity contribution is 6.06. The lowest BCUT2D eigenvalue weighted by atomic mass is 10.1. The number of aromatic nitrogens is 3. The van der Waals surface area contributed by atoms with Crippen molar-refractivity contribution in [3.63, 3.8) is 0 Å². The monoisotopic (exact) mass is 273 g/mol. The number of hydrogen-bond acceptors (Lipinski definition) is 4. The van der Waals surface area contributed by atoms with Crippen LogP contribution < -0.4 is 10.7 Å². The van der Waals surface area contributed by atoms with Gasteiger partial charge in [-0.3, -0.25) is 10.1 Å². The molecule has 104 valence electrons. The fourth-order valence-corrected chi connectivity index (χ4v) is 1.72. The molecule has 0 aliphatic carbocycles. The number of rotatable bonds is 2. The molecule has 2 aromatic rings. The first-order valence-electron chi connectivity index (χ1n) is 6.05. The SMILES string of the molecule is Cc1cccc(C(=O)NC(=O)Nn2c(C)nnc2C)c1. The fraction of sp³-hybridized carbons (Fsp3) is 0.231. The van der Waals surface area contributed by atoms with Gasteiger partial charge in [0.25, 0.3) is 5.91 Å². The molecule has 20 heavy (non-hydrogen) atoms. The molecular weight excluding hydrogens is 258 g/mol. The zero-order valence-electron chi connectivity index (χ0n) is 11.5. The molecule has 0 saturated heterocycles. The van der Waals surface area contributed by atoms with Gasteiger partial charge in [-0.25, -0.2) is 14.9 Å². The van der Waals surface area contributed by atoms with E-state index in [9.17, 15) is 9.59 Å². The number of nitrogens with zero attached hydrogens (tertiary/aromatic N) is 3. The van der Waals surface area contributed by atoms with E-state index < -0.39 is 11.9 Å². The van der Waals surface area contributed by atoms with E-state index in [0.29, 0.717) is 17.2 Å². The van der Waals surface area contributed by atoms with Gasteiger partial charge in [0, 0.05) is 5.56 Å². The van der Waals surface area contributed by atoms with Gasteiger partial charge in [0.1, 0.15) is 11.6 Å². The lowest BCUT2D eigenvalue weighted by Crippen LogP contribution is -2.39. The van der Waals surface area contributed by atoms with Crippen LogP contribution in [0.3, 0.4) is 0 Å². The molecule has 0 bridgehead atoms. The molecule has 0 aliphatic rings. The predicted molar refractivity (Wildman–Crippen MR) is 72.9 cm³/mol. The Bertz CT molecular complexity index is 643. The van der Waals surface area contributed by atoms with Crippen LogP contribution in [0.25, 0.3) is 0 Å². The largest absolute Gasteiger partial charge is 0.340 e. The second-order valence-corrected chi connectivity index (χ2v) is 4.39. The summed E-state index contributed by atoms with van der Waals surface area (Å²) in [4.78, 5) is 23.7. The second-order valence-electron chi connectivity index (χ2n) is 4.39. The summed E-state index contributed by atoms with van der Waals surface area (Å²) >= 11 is 0. The summed E-state index contributed by atoms with van der Waals surface area (Å²) in [7, 11) is 0. The highest BCUT2D eigenvalue weighted by Crippen LogP contribution is 2.03. The van der Waals surface area contributed by atoms with Crippen LogP contribution >= 0.6 is 0 Å². The van der Waals surface area contributed by atoms with Crippen LogP contribution in [-0.4, -0.2) is 26.8 Å². The van der Waals surface area contributed by atoms with Gasteiger partial charge in [-0.2, -0.15) is 0 Å². The molecular formula is C13H15N5O2. The Kier molecular flexibility index (Phi) is 3.79. The average molecular weight is 273 g/mol. The van der Waals surface area contributed by atoms with Gasteiger partial charge in [-0.1, -0.05) is 17.7 Å². The topological polar surface area (TPSA) is 88.9 Å². The van der Waals surface area contributed by atoms with E-state index in [1.807, 2.05) is 13.0 Å². The Hall–Kier alpha value is -2.70. The summed E-state index contributed by atoms with van der Waals surface area (Å²) in [5, 5.41) is 9.86. The number of benzene rings is 1. The third kappa shape index (κ3) is 3.00. The van der Waals surface area contributed by atoms with Crippen LogP contribution in [0.1, 0.15) is 27.6 Å². The molecule has 1 aromatic carbocycles. The molecule has 0 spiro atoms. The molecule has 0 unspecified atom stereocenters. The van der Waals surface area contributed by atoms with E-state index in [2.05, 4.69) is 20.9 Å². The Balaban J connectivity index is 2.03. The van der Waals surface area contributed by atoms with Gasteiger partial charge in [-0.05, 0) is 32.9 Å². The van der Waals surface area contributed by atoms with Gasteiger partial charge in [0.15, 0.2) is 0 Å². The predicted octanol–water partition coefficient (Wildman–Crippen LogP) is 1.30. The van der Waals surface area contributed by atoms with Gasteiger partial charge < -0.3 is 0 Å². The van der Waals surface area contributed by atoms with Gasteiger partial charge in [0.2, 0.25) is 0 Å². The summed E-state index contributed by atoms with van der Waals surface area (Å²) in [6.07, 6.45) is 0. The first-order valence-corrected chi connectivity index (χ1v) is 6.05. The Morgan fingerprint density at radius 3 is 2.35 bits per heavy atom. The van der Waals surface area contributed by atoms with Gasteiger partial charge in [-0.15, -0.1) is 10.2 Å². The molecule has 2 rings (SSSR count). The van der Waals surface area contributed by atoms with Crippen molar-refractivity contribution in [2.75, 3.05) is 5.43 Å². The van der Waals surface area contributed by atoms with Crippen molar-refractivity contribution in [1.82, 2.24) is 20.2 Å². The van der Waals surface area contributed by atoms with Gasteiger partial charge >= 0.3 is 6.03 Å². The van der Waals surface area contributed by atoms with Crippen molar-refractivity contribution in [1.29, 1.82) is 0 Å². The van der Waals surface area contributed by atoms with E-state index in [-0.39, 0.29) is 0 Å². The van der Waals surface area contributed by atoms with Crippen LogP contribution in [0.15, 0.2) is 24.3 Å². The molecule has 2 N–H and O–H groups in total. The maximum absolute atomic E-state index is 11.9. The quantitative estimate of drug-likeness (QED) is 0.863. The molecule has 0 saturated carbocycles. The van der Waals surface area contributed by atoms with Crippen molar-refractivity contribution in [2.45, 2.75) is 20.8 Å². The number of carbonyl (C=O) groups excluding carboxylic acids is 2. The van der Waals surface area contributed by atoms with Crippen molar-refractivity contribution >= 4 is 11.9 Å². The van der Waals surface area contributed by atoms with Crippen LogP contribution in [0.2, 0.25) is 0 Å². The Morgan fingerprint density at radius 2 is 1.75 bits per heavy atom. The van der Waals surface area contributed by atoms with E-state index in [1.165, 1.54) is 4.68 Å². The normalized spacial score (nSPS) is 10.2. The molecule has 1 aromatic heterocycles. The summed E-state index contributed by atoms with van der Waals surface area (Å²) in [5.74, 6) is 0.593. The van der Waals surface area contributed by atoms with Crippen molar-refractivity contribution in [2.24, 2.45) is 0 Å². The Labute approximate surface area is 116 Å². The van der Waals surface area contributed by atoms with Crippen LogP contribution in [0.5, 0.6) is 0 Å². The average Bonchev–Trinajstić information content (AvgIpc) is 2.70. The first kappa shape index (κ1) is 13.7. The lowest BCUT2D eigenvalue weighted by molar-refractivity contribution is 0.0966. The number of aryl methyl sites for hydroxylation is 3. The summed E-state index contributed by atoms with van der Waals surface area (Å²) in [6.45, 7) is 5.27. The summed E-state index contributed by atoms with van der Waals surface area (Å²) < 4.78 is 1.40. The maximum atomic E-state index is 11.9. The fourth-order valence-electron chi connectivity index (χ4n) is 1.72. The Morgan fingerprint density at radius 1 is 1.10 bits per heavy atom. The van der Waals surface area contributed by atoms with Crippen molar-refractivity contribution in [3.05, 3.63) is 47.0 Å². The number of carbonyl (C=O) groups is 2. The minimum Gasteiger partial charge on any atom is -0.273 e. The second kappa shape index (κ2) is 5.52. The highest BCUT2D eigenvalue weighted by Gasteiger charge is 2.12. The molecule has 7 heteroatoms. The molecule has 1 heterocycles. The summed E-state index contributed by atoms with van der Waals surface area (Å²) in [6, 6.07) is 6.35. The van der Waals surface area contributed by atoms with Crippen LogP contribution in [-0.2, 0) is 0 Å². The van der Waals surface area contributed by atoms with E-state index >= 15 is 0 Å². The number of nitrogens with one attached hydrogen (secondary N) is 2. The minimum atomic E-state index is -0.637.